The predicted octanol–water partition coefficient (Wildman–Crippen LogP) is 3.15. The molecular weight excluding hydrogens is 303 g/mol. The Morgan fingerprint density at radius 3 is 2.65 bits per heavy atom. The number of nitriles is 1. The Kier molecular flexibility index (Phi) is 3.93. The number of halogens is 2. The fourth-order valence-corrected chi connectivity index (χ4v) is 2.79. The van der Waals surface area contributed by atoms with E-state index in [2.05, 4.69) is 4.72 Å². The zero-order valence-electron chi connectivity index (χ0n) is 9.97. The van der Waals surface area contributed by atoms with Crippen LogP contribution in [0.3, 0.4) is 0 Å². The smallest absolute Gasteiger partial charge is 0.262 e. The summed E-state index contributed by atoms with van der Waals surface area (Å²) in [4.78, 5) is -0.129. The zero-order chi connectivity index (χ0) is 14.8. The summed E-state index contributed by atoms with van der Waals surface area (Å²) in [6.07, 6.45) is 0. The van der Waals surface area contributed by atoms with Crippen molar-refractivity contribution < 1.29 is 12.8 Å². The highest BCUT2D eigenvalue weighted by Crippen LogP contribution is 2.23. The van der Waals surface area contributed by atoms with Crippen LogP contribution in [0, 0.1) is 17.1 Å². The third-order valence-electron chi connectivity index (χ3n) is 2.45. The number of benzene rings is 2. The van der Waals surface area contributed by atoms with E-state index in [1.165, 1.54) is 36.4 Å². The van der Waals surface area contributed by atoms with Gasteiger partial charge in [-0.25, -0.2) is 12.8 Å². The zero-order valence-corrected chi connectivity index (χ0v) is 11.5. The molecule has 0 aliphatic rings. The van der Waals surface area contributed by atoms with Gasteiger partial charge in [0.15, 0.2) is 0 Å². The minimum absolute atomic E-state index is 0.129. The lowest BCUT2D eigenvalue weighted by atomic mass is 10.2. The van der Waals surface area contributed by atoms with Crippen LogP contribution in [0.5, 0.6) is 0 Å². The summed E-state index contributed by atoms with van der Waals surface area (Å²) in [6.45, 7) is 0. The quantitative estimate of drug-likeness (QED) is 0.946. The van der Waals surface area contributed by atoms with E-state index in [1.54, 1.807) is 0 Å². The van der Waals surface area contributed by atoms with E-state index >= 15 is 0 Å². The molecule has 7 heteroatoms. The van der Waals surface area contributed by atoms with Crippen molar-refractivity contribution >= 4 is 27.3 Å². The molecule has 0 atom stereocenters. The first-order chi connectivity index (χ1) is 9.42. The summed E-state index contributed by atoms with van der Waals surface area (Å²) in [6, 6.07) is 10.8. The van der Waals surface area contributed by atoms with Gasteiger partial charge in [0.2, 0.25) is 0 Å². The summed E-state index contributed by atoms with van der Waals surface area (Å²) in [5.74, 6) is -0.741. The molecule has 0 aliphatic carbocycles. The van der Waals surface area contributed by atoms with E-state index in [1.807, 2.05) is 6.07 Å². The van der Waals surface area contributed by atoms with Crippen LogP contribution < -0.4 is 4.72 Å². The summed E-state index contributed by atoms with van der Waals surface area (Å²) in [7, 11) is -3.98. The van der Waals surface area contributed by atoms with E-state index in [-0.39, 0.29) is 21.2 Å². The van der Waals surface area contributed by atoms with Gasteiger partial charge in [-0.1, -0.05) is 17.7 Å². The second kappa shape index (κ2) is 5.49. The molecule has 2 rings (SSSR count). The lowest BCUT2D eigenvalue weighted by Gasteiger charge is -2.09. The normalized spacial score (nSPS) is 10.8. The SMILES string of the molecule is N#Cc1cccc(S(=O)(=O)Nc2cc(Cl)ccc2F)c1. The molecule has 0 saturated heterocycles. The van der Waals surface area contributed by atoms with Gasteiger partial charge in [-0.15, -0.1) is 0 Å². The van der Waals surface area contributed by atoms with E-state index < -0.39 is 15.8 Å². The van der Waals surface area contributed by atoms with Crippen molar-refractivity contribution in [3.8, 4) is 6.07 Å². The maximum Gasteiger partial charge on any atom is 0.262 e. The van der Waals surface area contributed by atoms with Crippen LogP contribution in [0.15, 0.2) is 47.4 Å². The number of hydrogen-bond acceptors (Lipinski definition) is 3. The summed E-state index contributed by atoms with van der Waals surface area (Å²) in [5.41, 5.74) is -0.0562. The Balaban J connectivity index is 2.41. The first-order valence-corrected chi connectivity index (χ1v) is 7.26. The Hall–Kier alpha value is -2.10. The molecule has 0 fully saturated rings. The standard InChI is InChI=1S/C13H8ClFN2O2S/c14-10-4-5-12(15)13(7-10)17-20(18,19)11-3-1-2-9(6-11)8-16/h1-7,17H. The average molecular weight is 311 g/mol. The van der Waals surface area contributed by atoms with Crippen molar-refractivity contribution in [1.82, 2.24) is 0 Å². The lowest BCUT2D eigenvalue weighted by Crippen LogP contribution is -2.14. The number of nitrogens with one attached hydrogen (secondary N) is 1. The van der Waals surface area contributed by atoms with Gasteiger partial charge in [-0.3, -0.25) is 4.72 Å². The maximum absolute atomic E-state index is 13.5. The van der Waals surface area contributed by atoms with Gasteiger partial charge in [0, 0.05) is 5.02 Å². The number of hydrogen-bond donors (Lipinski definition) is 1. The third kappa shape index (κ3) is 3.07. The molecule has 0 amide bonds. The van der Waals surface area contributed by atoms with Crippen LogP contribution in [0.4, 0.5) is 10.1 Å². The molecule has 0 bridgehead atoms. The van der Waals surface area contributed by atoms with E-state index in [4.69, 9.17) is 16.9 Å². The van der Waals surface area contributed by atoms with Crippen LogP contribution in [-0.2, 0) is 10.0 Å². The maximum atomic E-state index is 13.5. The molecule has 0 spiro atoms. The van der Waals surface area contributed by atoms with Crippen LogP contribution in [-0.4, -0.2) is 8.42 Å². The van der Waals surface area contributed by atoms with Crippen LogP contribution >= 0.6 is 11.6 Å². The van der Waals surface area contributed by atoms with E-state index in [0.29, 0.717) is 0 Å². The van der Waals surface area contributed by atoms with Crippen LogP contribution in [0.2, 0.25) is 5.02 Å². The molecule has 0 radical (unpaired) electrons. The molecule has 0 aromatic heterocycles. The third-order valence-corrected chi connectivity index (χ3v) is 4.04. The van der Waals surface area contributed by atoms with Crippen molar-refractivity contribution in [2.75, 3.05) is 4.72 Å². The molecule has 4 nitrogen and oxygen atoms in total. The molecule has 0 heterocycles. The number of sulfonamides is 1. The number of anilines is 1. The molecular formula is C13H8ClFN2O2S. The van der Waals surface area contributed by atoms with Gasteiger partial charge in [0.1, 0.15) is 5.82 Å². The van der Waals surface area contributed by atoms with Gasteiger partial charge in [-0.2, -0.15) is 5.26 Å². The number of nitrogens with zero attached hydrogens (tertiary/aromatic N) is 1. The first-order valence-electron chi connectivity index (χ1n) is 5.40. The summed E-state index contributed by atoms with van der Waals surface area (Å²) in [5, 5.41) is 8.96. The van der Waals surface area contributed by atoms with Gasteiger partial charge in [-0.05, 0) is 36.4 Å². The average Bonchev–Trinajstić information content (AvgIpc) is 2.43. The van der Waals surface area contributed by atoms with E-state index in [9.17, 15) is 12.8 Å². The fourth-order valence-electron chi connectivity index (χ4n) is 1.51. The fraction of sp³-hybridized carbons (Fsp3) is 0. The largest absolute Gasteiger partial charge is 0.277 e. The molecule has 0 unspecified atom stereocenters. The predicted molar refractivity (Wildman–Crippen MR) is 73.4 cm³/mol. The molecule has 0 saturated carbocycles. The second-order valence-electron chi connectivity index (χ2n) is 3.87. The Bertz CT molecular complexity index is 800. The van der Waals surface area contributed by atoms with E-state index in [0.717, 1.165) is 6.07 Å². The molecule has 2 aromatic carbocycles. The highest BCUT2D eigenvalue weighted by molar-refractivity contribution is 7.92. The van der Waals surface area contributed by atoms with Gasteiger partial charge in [0.05, 0.1) is 22.2 Å². The summed E-state index contributed by atoms with van der Waals surface area (Å²) >= 11 is 5.69. The Labute approximate surface area is 120 Å². The van der Waals surface area contributed by atoms with Crippen molar-refractivity contribution in [1.29, 1.82) is 5.26 Å². The molecule has 20 heavy (non-hydrogen) atoms. The van der Waals surface area contributed by atoms with Crippen molar-refractivity contribution in [3.05, 3.63) is 58.9 Å². The monoisotopic (exact) mass is 310 g/mol. The molecule has 1 N–H and O–H groups in total. The molecule has 102 valence electrons. The Morgan fingerprint density at radius 1 is 1.20 bits per heavy atom. The minimum Gasteiger partial charge on any atom is -0.277 e. The second-order valence-corrected chi connectivity index (χ2v) is 5.99. The number of rotatable bonds is 3. The van der Waals surface area contributed by atoms with Crippen molar-refractivity contribution in [3.63, 3.8) is 0 Å². The topological polar surface area (TPSA) is 70.0 Å². The van der Waals surface area contributed by atoms with Crippen LogP contribution in [0.25, 0.3) is 0 Å². The lowest BCUT2D eigenvalue weighted by molar-refractivity contribution is 0.598. The minimum atomic E-state index is -3.98. The van der Waals surface area contributed by atoms with Crippen LogP contribution in [0.1, 0.15) is 5.56 Å². The molecule has 2 aromatic rings. The molecule has 0 aliphatic heterocycles. The van der Waals surface area contributed by atoms with Gasteiger partial charge < -0.3 is 0 Å². The van der Waals surface area contributed by atoms with Gasteiger partial charge in [0.25, 0.3) is 10.0 Å². The Morgan fingerprint density at radius 2 is 1.95 bits per heavy atom. The summed E-state index contributed by atoms with van der Waals surface area (Å²) < 4.78 is 39.8. The van der Waals surface area contributed by atoms with Gasteiger partial charge >= 0.3 is 0 Å². The van der Waals surface area contributed by atoms with Crippen molar-refractivity contribution in [2.45, 2.75) is 4.90 Å². The first kappa shape index (κ1) is 14.3. The van der Waals surface area contributed by atoms with Crippen molar-refractivity contribution in [2.24, 2.45) is 0 Å². The highest BCUT2D eigenvalue weighted by Gasteiger charge is 2.17. The highest BCUT2D eigenvalue weighted by atomic mass is 35.5.